The number of aliphatic hydroxyl groups is 1. The molecule has 0 aromatic rings. The lowest BCUT2D eigenvalue weighted by Crippen LogP contribution is -2.41. The van der Waals surface area contributed by atoms with E-state index in [1.165, 1.54) is 0 Å². The quantitative estimate of drug-likeness (QED) is 0.557. The highest BCUT2D eigenvalue weighted by Crippen LogP contribution is 2.36. The van der Waals surface area contributed by atoms with Crippen LogP contribution in [-0.4, -0.2) is 32.7 Å². The van der Waals surface area contributed by atoms with Gasteiger partial charge in [-0.2, -0.15) is 0 Å². The summed E-state index contributed by atoms with van der Waals surface area (Å²) in [6, 6.07) is -0.317. The molecule has 0 aromatic heterocycles. The standard InChI is InChI=1S/C12H27NO2Si/c1-10(11(13)9-14)7-8-15-16(5,6)12(2,3)4/h11,14H,1,7-9,13H2,2-6H3/t11-/m1/s1. The van der Waals surface area contributed by atoms with Crippen LogP contribution >= 0.6 is 0 Å². The van der Waals surface area contributed by atoms with Gasteiger partial charge in [0.05, 0.1) is 6.61 Å². The van der Waals surface area contributed by atoms with Gasteiger partial charge in [0, 0.05) is 12.6 Å². The molecule has 0 fully saturated rings. The molecule has 0 heterocycles. The molecule has 3 N–H and O–H groups in total. The highest BCUT2D eigenvalue weighted by atomic mass is 28.4. The summed E-state index contributed by atoms with van der Waals surface area (Å²) in [5, 5.41) is 9.11. The minimum atomic E-state index is -1.66. The van der Waals surface area contributed by atoms with Crippen LogP contribution in [0.25, 0.3) is 0 Å². The van der Waals surface area contributed by atoms with Crippen LogP contribution in [-0.2, 0) is 4.43 Å². The Kier molecular flexibility index (Phi) is 5.90. The smallest absolute Gasteiger partial charge is 0.191 e. The summed E-state index contributed by atoms with van der Waals surface area (Å²) >= 11 is 0. The van der Waals surface area contributed by atoms with Crippen LogP contribution in [0.5, 0.6) is 0 Å². The second-order valence-electron chi connectivity index (χ2n) is 5.81. The first kappa shape index (κ1) is 15.8. The molecule has 96 valence electrons. The van der Waals surface area contributed by atoms with Crippen molar-refractivity contribution in [2.75, 3.05) is 13.2 Å². The maximum atomic E-state index is 8.88. The van der Waals surface area contributed by atoms with Crippen LogP contribution in [0.1, 0.15) is 27.2 Å². The average Bonchev–Trinajstić information content (AvgIpc) is 2.14. The van der Waals surface area contributed by atoms with Crippen molar-refractivity contribution >= 4 is 8.32 Å². The van der Waals surface area contributed by atoms with Crippen LogP contribution in [0.3, 0.4) is 0 Å². The van der Waals surface area contributed by atoms with Gasteiger partial charge in [-0.3, -0.25) is 0 Å². The summed E-state index contributed by atoms with van der Waals surface area (Å²) in [6.07, 6.45) is 0.730. The van der Waals surface area contributed by atoms with Gasteiger partial charge in [0.15, 0.2) is 8.32 Å². The van der Waals surface area contributed by atoms with Crippen molar-refractivity contribution < 1.29 is 9.53 Å². The molecular formula is C12H27NO2Si. The van der Waals surface area contributed by atoms with Crippen LogP contribution < -0.4 is 5.73 Å². The van der Waals surface area contributed by atoms with Crippen molar-refractivity contribution in [1.82, 2.24) is 0 Å². The molecule has 0 aliphatic rings. The van der Waals surface area contributed by atoms with E-state index in [-0.39, 0.29) is 17.7 Å². The van der Waals surface area contributed by atoms with Crippen molar-refractivity contribution in [1.29, 1.82) is 0 Å². The maximum absolute atomic E-state index is 8.88. The second-order valence-corrected chi connectivity index (χ2v) is 10.6. The Balaban J connectivity index is 4.04. The summed E-state index contributed by atoms with van der Waals surface area (Å²) in [5.74, 6) is 0. The van der Waals surface area contributed by atoms with E-state index in [0.29, 0.717) is 6.61 Å². The van der Waals surface area contributed by atoms with E-state index in [9.17, 15) is 0 Å². The molecule has 0 saturated carbocycles. The van der Waals surface area contributed by atoms with Crippen LogP contribution in [0.2, 0.25) is 18.1 Å². The summed E-state index contributed by atoms with van der Waals surface area (Å²) < 4.78 is 6.00. The Morgan fingerprint density at radius 2 is 1.94 bits per heavy atom. The Bertz CT molecular complexity index is 234. The first-order chi connectivity index (χ1) is 7.12. The zero-order valence-corrected chi connectivity index (χ0v) is 12.3. The molecule has 0 radical (unpaired) electrons. The fraction of sp³-hybridized carbons (Fsp3) is 0.833. The Hall–Kier alpha value is -0.163. The first-order valence-electron chi connectivity index (χ1n) is 5.80. The van der Waals surface area contributed by atoms with E-state index in [0.717, 1.165) is 12.0 Å². The molecule has 4 heteroatoms. The van der Waals surface area contributed by atoms with Crippen molar-refractivity contribution in [2.24, 2.45) is 5.73 Å². The van der Waals surface area contributed by atoms with Gasteiger partial charge in [-0.25, -0.2) is 0 Å². The van der Waals surface area contributed by atoms with Gasteiger partial charge in [-0.1, -0.05) is 32.9 Å². The third kappa shape index (κ3) is 4.78. The predicted molar refractivity (Wildman–Crippen MR) is 72.0 cm³/mol. The molecular weight excluding hydrogens is 218 g/mol. The van der Waals surface area contributed by atoms with Crippen LogP contribution in [0.4, 0.5) is 0 Å². The van der Waals surface area contributed by atoms with Crippen molar-refractivity contribution in [2.45, 2.75) is 51.4 Å². The molecule has 0 rings (SSSR count). The zero-order chi connectivity index (χ0) is 13.0. The van der Waals surface area contributed by atoms with Crippen LogP contribution in [0.15, 0.2) is 12.2 Å². The van der Waals surface area contributed by atoms with E-state index >= 15 is 0 Å². The number of aliphatic hydroxyl groups excluding tert-OH is 1. The third-order valence-electron chi connectivity index (χ3n) is 3.41. The molecule has 0 unspecified atom stereocenters. The minimum absolute atomic E-state index is 0.0427. The van der Waals surface area contributed by atoms with Crippen molar-refractivity contribution in [3.05, 3.63) is 12.2 Å². The van der Waals surface area contributed by atoms with Gasteiger partial charge in [-0.05, 0) is 24.6 Å². The van der Waals surface area contributed by atoms with Gasteiger partial charge < -0.3 is 15.3 Å². The van der Waals surface area contributed by atoms with Gasteiger partial charge >= 0.3 is 0 Å². The monoisotopic (exact) mass is 245 g/mol. The molecule has 16 heavy (non-hydrogen) atoms. The highest BCUT2D eigenvalue weighted by Gasteiger charge is 2.36. The van der Waals surface area contributed by atoms with E-state index in [1.807, 2.05) is 0 Å². The SMILES string of the molecule is C=C(CCO[Si](C)(C)C(C)(C)C)[C@H](N)CO. The molecule has 0 saturated heterocycles. The van der Waals surface area contributed by atoms with Gasteiger partial charge in [0.25, 0.3) is 0 Å². The molecule has 0 amide bonds. The van der Waals surface area contributed by atoms with E-state index in [2.05, 4.69) is 40.4 Å². The summed E-state index contributed by atoms with van der Waals surface area (Å²) in [6.45, 7) is 15.6. The Morgan fingerprint density at radius 1 is 1.44 bits per heavy atom. The minimum Gasteiger partial charge on any atom is -0.417 e. The first-order valence-corrected chi connectivity index (χ1v) is 8.70. The Morgan fingerprint density at radius 3 is 2.31 bits per heavy atom. The Labute approximate surface area is 101 Å². The molecule has 0 aliphatic carbocycles. The zero-order valence-electron chi connectivity index (χ0n) is 11.3. The lowest BCUT2D eigenvalue weighted by molar-refractivity contribution is 0.264. The summed E-state index contributed by atoms with van der Waals surface area (Å²) in [5.41, 5.74) is 6.52. The number of rotatable bonds is 6. The van der Waals surface area contributed by atoms with E-state index in [4.69, 9.17) is 15.3 Å². The largest absolute Gasteiger partial charge is 0.417 e. The molecule has 0 bridgehead atoms. The fourth-order valence-electron chi connectivity index (χ4n) is 0.968. The lowest BCUT2D eigenvalue weighted by Gasteiger charge is -2.36. The number of nitrogens with two attached hydrogens (primary N) is 1. The highest BCUT2D eigenvalue weighted by molar-refractivity contribution is 6.74. The van der Waals surface area contributed by atoms with E-state index < -0.39 is 8.32 Å². The molecule has 0 aliphatic heterocycles. The third-order valence-corrected chi connectivity index (χ3v) is 7.95. The maximum Gasteiger partial charge on any atom is 0.191 e. The summed E-state index contributed by atoms with van der Waals surface area (Å²) in [7, 11) is -1.66. The van der Waals surface area contributed by atoms with Crippen molar-refractivity contribution in [3.8, 4) is 0 Å². The average molecular weight is 245 g/mol. The lowest BCUT2D eigenvalue weighted by atomic mass is 10.1. The van der Waals surface area contributed by atoms with Crippen LogP contribution in [0, 0.1) is 0 Å². The second kappa shape index (κ2) is 5.96. The molecule has 0 aromatic carbocycles. The fourth-order valence-corrected chi connectivity index (χ4v) is 2.01. The van der Waals surface area contributed by atoms with Gasteiger partial charge in [0.2, 0.25) is 0 Å². The number of hydrogen-bond donors (Lipinski definition) is 2. The molecule has 0 spiro atoms. The molecule has 3 nitrogen and oxygen atoms in total. The van der Waals surface area contributed by atoms with Crippen molar-refractivity contribution in [3.63, 3.8) is 0 Å². The van der Waals surface area contributed by atoms with Gasteiger partial charge in [0.1, 0.15) is 0 Å². The summed E-state index contributed by atoms with van der Waals surface area (Å²) in [4.78, 5) is 0. The topological polar surface area (TPSA) is 55.5 Å². The van der Waals surface area contributed by atoms with E-state index in [1.54, 1.807) is 0 Å². The predicted octanol–water partition coefficient (Wildman–Crippen LogP) is 2.27. The molecule has 1 atom stereocenters. The normalized spacial score (nSPS) is 14.9. The number of hydrogen-bond acceptors (Lipinski definition) is 3. The van der Waals surface area contributed by atoms with Gasteiger partial charge in [-0.15, -0.1) is 0 Å².